The lowest BCUT2D eigenvalue weighted by atomic mass is 9.75. The molecule has 2 fully saturated rings. The molecule has 8 nitrogen and oxygen atoms in total. The van der Waals surface area contributed by atoms with Crippen LogP contribution in [-0.4, -0.2) is 39.5 Å². The van der Waals surface area contributed by atoms with E-state index in [1.807, 2.05) is 53.2 Å². The number of carbonyl (C=O) groups excluding carboxylic acids is 2. The van der Waals surface area contributed by atoms with Gasteiger partial charge in [-0.1, -0.05) is 39.8 Å². The van der Waals surface area contributed by atoms with Crippen molar-refractivity contribution in [3.8, 4) is 5.75 Å². The van der Waals surface area contributed by atoms with Crippen molar-refractivity contribution in [2.45, 2.75) is 124 Å². The van der Waals surface area contributed by atoms with Gasteiger partial charge in [-0.25, -0.2) is 4.68 Å². The molecule has 2 amide bonds. The molecule has 8 heteroatoms. The molecular weight excluding hydrogens is 598 g/mol. The van der Waals surface area contributed by atoms with Crippen molar-refractivity contribution in [1.29, 1.82) is 5.41 Å². The molecule has 0 unspecified atom stereocenters. The highest BCUT2D eigenvalue weighted by atomic mass is 16.5. The fraction of sp³-hybridized carbons (Fsp3) is 0.550. The average molecular weight is 654 g/mol. The summed E-state index contributed by atoms with van der Waals surface area (Å²) in [6, 6.07) is 15.3. The monoisotopic (exact) mass is 653 g/mol. The summed E-state index contributed by atoms with van der Waals surface area (Å²) in [4.78, 5) is 26.3. The van der Waals surface area contributed by atoms with Crippen LogP contribution in [0.5, 0.6) is 5.75 Å². The minimum Gasteiger partial charge on any atom is -0.490 e. The summed E-state index contributed by atoms with van der Waals surface area (Å²) in [6.07, 6.45) is 7.85. The van der Waals surface area contributed by atoms with Crippen LogP contribution >= 0.6 is 0 Å². The van der Waals surface area contributed by atoms with Gasteiger partial charge >= 0.3 is 0 Å². The molecule has 48 heavy (non-hydrogen) atoms. The summed E-state index contributed by atoms with van der Waals surface area (Å²) in [6.45, 7) is 17.3. The zero-order valence-electron chi connectivity index (χ0n) is 30.2. The third-order valence-electron chi connectivity index (χ3n) is 10.3. The Hall–Kier alpha value is -3.94. The van der Waals surface area contributed by atoms with E-state index in [0.717, 1.165) is 67.0 Å². The van der Waals surface area contributed by atoms with Crippen molar-refractivity contribution in [3.63, 3.8) is 0 Å². The molecule has 2 aliphatic carbocycles. The van der Waals surface area contributed by atoms with Crippen molar-refractivity contribution in [2.75, 3.05) is 5.32 Å². The van der Waals surface area contributed by atoms with Gasteiger partial charge in [0.1, 0.15) is 17.3 Å². The topological polar surface area (TPSA) is 109 Å². The fourth-order valence-electron chi connectivity index (χ4n) is 6.76. The van der Waals surface area contributed by atoms with Crippen LogP contribution in [0.15, 0.2) is 48.5 Å². The van der Waals surface area contributed by atoms with Crippen LogP contribution in [0, 0.1) is 29.6 Å². The normalized spacial score (nSPS) is 19.4. The Balaban J connectivity index is 1.20. The molecule has 0 radical (unpaired) electrons. The van der Waals surface area contributed by atoms with Gasteiger partial charge in [-0.2, -0.15) is 5.10 Å². The molecule has 3 aromatic rings. The zero-order valence-corrected chi connectivity index (χ0v) is 30.2. The number of nitrogens with one attached hydrogen (secondary N) is 3. The predicted octanol–water partition coefficient (Wildman–Crippen LogP) is 8.25. The van der Waals surface area contributed by atoms with Crippen molar-refractivity contribution < 1.29 is 14.3 Å². The molecule has 0 aliphatic heterocycles. The molecule has 0 spiro atoms. The number of aryl methyl sites for hydroxylation is 3. The van der Waals surface area contributed by atoms with Crippen molar-refractivity contribution in [3.05, 3.63) is 76.5 Å². The zero-order chi connectivity index (χ0) is 34.8. The average Bonchev–Trinajstić information content (AvgIpc) is 3.42. The highest BCUT2D eigenvalue weighted by Gasteiger charge is 2.33. The Labute approximate surface area is 286 Å². The molecule has 2 aromatic carbocycles. The number of ether oxygens (including phenoxy) is 1. The molecule has 0 atom stereocenters. The van der Waals surface area contributed by atoms with Crippen molar-refractivity contribution in [2.24, 2.45) is 17.3 Å². The highest BCUT2D eigenvalue weighted by molar-refractivity contribution is 6.44. The van der Waals surface area contributed by atoms with Gasteiger partial charge in [0.2, 0.25) is 0 Å². The summed E-state index contributed by atoms with van der Waals surface area (Å²) in [7, 11) is 0. The number of anilines is 1. The lowest BCUT2D eigenvalue weighted by molar-refractivity contribution is -0.115. The molecule has 5 rings (SSSR count). The quantitative estimate of drug-likeness (QED) is 0.181. The Kier molecular flexibility index (Phi) is 10.5. The van der Waals surface area contributed by atoms with Gasteiger partial charge in [-0.05, 0) is 138 Å². The second kappa shape index (κ2) is 14.3. The van der Waals surface area contributed by atoms with Crippen LogP contribution in [-0.2, 0) is 23.2 Å². The van der Waals surface area contributed by atoms with E-state index >= 15 is 0 Å². The van der Waals surface area contributed by atoms with E-state index in [1.165, 1.54) is 0 Å². The van der Waals surface area contributed by atoms with Crippen molar-refractivity contribution >= 4 is 23.3 Å². The van der Waals surface area contributed by atoms with Gasteiger partial charge in [0.05, 0.1) is 17.3 Å². The maximum atomic E-state index is 13.3. The molecule has 1 aromatic heterocycles. The van der Waals surface area contributed by atoms with Crippen LogP contribution in [0.3, 0.4) is 0 Å². The van der Waals surface area contributed by atoms with Gasteiger partial charge in [-0.15, -0.1) is 0 Å². The van der Waals surface area contributed by atoms with E-state index < -0.39 is 0 Å². The molecule has 1 heterocycles. The molecule has 0 saturated heterocycles. The van der Waals surface area contributed by atoms with Gasteiger partial charge < -0.3 is 15.4 Å². The van der Waals surface area contributed by atoms with Crippen LogP contribution in [0.2, 0.25) is 0 Å². The summed E-state index contributed by atoms with van der Waals surface area (Å²) >= 11 is 0. The van der Waals surface area contributed by atoms with Crippen LogP contribution in [0.1, 0.15) is 120 Å². The van der Waals surface area contributed by atoms with Crippen LogP contribution < -0.4 is 15.4 Å². The maximum absolute atomic E-state index is 13.3. The standard InChI is InChI=1S/C40H55N5O3/c1-25(2)30-22-34(23-30)48-33-15-12-27(13-16-33)37(46)43-35-24-32(44-45(35)39(4,5)6)14-11-28-21-29(10-9-26(28)3)36(41)38(47)42-31-17-19-40(7,8)20-18-31/h9-10,12-13,15-16,21,24-25,30-31,34,41H,11,14,17-20,22-23H2,1-8H3,(H,42,47)(H,43,46). The summed E-state index contributed by atoms with van der Waals surface area (Å²) in [5.74, 6) is 2.36. The first-order valence-corrected chi connectivity index (χ1v) is 17.7. The number of rotatable bonds is 11. The largest absolute Gasteiger partial charge is 0.490 e. The van der Waals surface area contributed by atoms with E-state index in [-0.39, 0.29) is 35.2 Å². The second-order valence-electron chi connectivity index (χ2n) is 16.2. The number of amides is 2. The number of carbonyl (C=O) groups is 2. The van der Waals surface area contributed by atoms with Gasteiger partial charge in [0.25, 0.3) is 11.8 Å². The lowest BCUT2D eigenvalue weighted by Gasteiger charge is -2.37. The van der Waals surface area contributed by atoms with Crippen LogP contribution in [0.25, 0.3) is 0 Å². The predicted molar refractivity (Wildman–Crippen MR) is 193 cm³/mol. The SMILES string of the molecule is Cc1ccc(C(=N)C(=O)NC2CCC(C)(C)CC2)cc1CCc1cc(NC(=O)c2ccc(OC3CC(C(C)C)C3)cc2)n(C(C)(C)C)n1. The molecule has 3 N–H and O–H groups in total. The Morgan fingerprint density at radius 2 is 1.65 bits per heavy atom. The smallest absolute Gasteiger partial charge is 0.269 e. The second-order valence-corrected chi connectivity index (χ2v) is 16.2. The van der Waals surface area contributed by atoms with Gasteiger partial charge in [0, 0.05) is 23.2 Å². The van der Waals surface area contributed by atoms with Crippen molar-refractivity contribution in [1.82, 2.24) is 15.1 Å². The number of nitrogens with zero attached hydrogens (tertiary/aromatic N) is 2. The van der Waals surface area contributed by atoms with Crippen LogP contribution in [0.4, 0.5) is 5.82 Å². The molecule has 2 aliphatic rings. The first-order valence-electron chi connectivity index (χ1n) is 17.7. The lowest BCUT2D eigenvalue weighted by Crippen LogP contribution is -2.42. The first-order chi connectivity index (χ1) is 22.6. The first kappa shape index (κ1) is 35.4. The number of hydrogen-bond acceptors (Lipinski definition) is 5. The van der Waals surface area contributed by atoms with E-state index in [4.69, 9.17) is 15.2 Å². The Morgan fingerprint density at radius 3 is 2.27 bits per heavy atom. The third kappa shape index (κ3) is 8.74. The summed E-state index contributed by atoms with van der Waals surface area (Å²) < 4.78 is 7.98. The number of aromatic nitrogens is 2. The molecule has 0 bridgehead atoms. The minimum atomic E-state index is -0.346. The summed E-state index contributed by atoms with van der Waals surface area (Å²) in [5, 5.41) is 19.7. The van der Waals surface area contributed by atoms with Gasteiger partial charge in [-0.3, -0.25) is 15.0 Å². The molecular formula is C40H55N5O3. The fourth-order valence-corrected chi connectivity index (χ4v) is 6.76. The number of benzene rings is 2. The number of hydrogen-bond donors (Lipinski definition) is 3. The van der Waals surface area contributed by atoms with Gasteiger partial charge in [0.15, 0.2) is 0 Å². The van der Waals surface area contributed by atoms with E-state index in [0.29, 0.717) is 41.1 Å². The van der Waals surface area contributed by atoms with E-state index in [2.05, 4.69) is 66.0 Å². The molecule has 258 valence electrons. The molecule has 2 saturated carbocycles. The Morgan fingerprint density at radius 1 is 1.00 bits per heavy atom. The van der Waals surface area contributed by atoms with E-state index in [9.17, 15) is 9.59 Å². The summed E-state index contributed by atoms with van der Waals surface area (Å²) in [5.41, 5.74) is 4.21. The highest BCUT2D eigenvalue weighted by Crippen LogP contribution is 2.37. The van der Waals surface area contributed by atoms with E-state index in [1.54, 1.807) is 0 Å². The maximum Gasteiger partial charge on any atom is 0.269 e. The minimum absolute atomic E-state index is 0.00508. The Bertz CT molecular complexity index is 1610. The third-order valence-corrected chi connectivity index (χ3v) is 10.3.